The molecule has 1 atom stereocenters. The summed E-state index contributed by atoms with van der Waals surface area (Å²) in [5.41, 5.74) is 1.53. The number of carbonyl (C=O) groups is 1. The molecule has 1 aromatic rings. The summed E-state index contributed by atoms with van der Waals surface area (Å²) in [6.45, 7) is 4.85. The molecule has 1 aliphatic carbocycles. The van der Waals surface area contributed by atoms with Crippen molar-refractivity contribution in [3.05, 3.63) is 70.9 Å². The Morgan fingerprint density at radius 2 is 2.03 bits per heavy atom. The molecule has 2 aliphatic rings. The van der Waals surface area contributed by atoms with Crippen molar-refractivity contribution in [3.8, 4) is 5.75 Å². The van der Waals surface area contributed by atoms with Crippen LogP contribution in [0.25, 0.3) is 0 Å². The number of benzene rings is 1. The van der Waals surface area contributed by atoms with Crippen LogP contribution in [-0.4, -0.2) is 33.1 Å². The van der Waals surface area contributed by atoms with Crippen LogP contribution in [-0.2, 0) is 9.47 Å². The van der Waals surface area contributed by atoms with Crippen LogP contribution in [0, 0.1) is 5.92 Å². The highest BCUT2D eigenvalue weighted by Gasteiger charge is 2.15. The van der Waals surface area contributed by atoms with Gasteiger partial charge in [-0.25, -0.2) is 0 Å². The van der Waals surface area contributed by atoms with E-state index in [9.17, 15) is 4.79 Å². The molecule has 0 radical (unpaired) electrons. The molecule has 0 spiro atoms. The van der Waals surface area contributed by atoms with E-state index in [1.807, 2.05) is 31.2 Å². The van der Waals surface area contributed by atoms with Crippen LogP contribution in [0.3, 0.4) is 0 Å². The first-order valence-electron chi connectivity index (χ1n) is 10.3. The molecule has 1 fully saturated rings. The highest BCUT2D eigenvalue weighted by Crippen LogP contribution is 2.24. The Labute approximate surface area is 181 Å². The summed E-state index contributed by atoms with van der Waals surface area (Å²) in [7, 11) is 4.25. The fourth-order valence-electron chi connectivity index (χ4n) is 3.53. The minimum Gasteiger partial charge on any atom is -0.493 e. The molecule has 1 N–H and O–H groups in total. The lowest BCUT2D eigenvalue weighted by atomic mass is 9.95. The van der Waals surface area contributed by atoms with Crippen molar-refractivity contribution >= 4 is 20.8 Å². The van der Waals surface area contributed by atoms with Crippen LogP contribution in [0.1, 0.15) is 36.5 Å². The third kappa shape index (κ3) is 6.07. The number of hydrogen-bond acceptors (Lipinski definition) is 5. The monoisotopic (exact) mass is 427 g/mol. The molecule has 0 bridgehead atoms. The van der Waals surface area contributed by atoms with Gasteiger partial charge in [0.05, 0.1) is 13.7 Å². The smallest absolute Gasteiger partial charge is 0.161 e. The van der Waals surface area contributed by atoms with Crippen LogP contribution in [0.15, 0.2) is 65.4 Å². The molecule has 30 heavy (non-hydrogen) atoms. The molecule has 0 aromatic heterocycles. The van der Waals surface area contributed by atoms with Gasteiger partial charge in [-0.2, -0.15) is 0 Å². The van der Waals surface area contributed by atoms with E-state index in [-0.39, 0.29) is 0 Å². The maximum absolute atomic E-state index is 10.9. The predicted molar refractivity (Wildman–Crippen MR) is 123 cm³/mol. The molecular formula is C24H30NO4P. The van der Waals surface area contributed by atoms with Crippen molar-refractivity contribution in [2.24, 2.45) is 5.92 Å². The van der Waals surface area contributed by atoms with Crippen LogP contribution in [0.4, 0.5) is 0 Å². The van der Waals surface area contributed by atoms with E-state index >= 15 is 0 Å². The number of nitrogens with one attached hydrogen (secondary N) is 1. The molecule has 1 aliphatic heterocycles. The number of aldehydes is 1. The summed E-state index contributed by atoms with van der Waals surface area (Å²) < 4.78 is 17.8. The number of methoxy groups -OCH3 is 1. The minimum atomic E-state index is 0.613. The first-order valence-corrected chi connectivity index (χ1v) is 10.9. The van der Waals surface area contributed by atoms with Crippen LogP contribution in [0.5, 0.6) is 5.75 Å². The lowest BCUT2D eigenvalue weighted by molar-refractivity contribution is 0.112. The second-order valence-electron chi connectivity index (χ2n) is 7.50. The van der Waals surface area contributed by atoms with Gasteiger partial charge in [0.2, 0.25) is 0 Å². The lowest BCUT2D eigenvalue weighted by Gasteiger charge is -2.23. The zero-order valence-corrected chi connectivity index (χ0v) is 18.8. The first-order chi connectivity index (χ1) is 14.6. The summed E-state index contributed by atoms with van der Waals surface area (Å²) >= 11 is 0. The Balaban J connectivity index is 1.69. The normalized spacial score (nSPS) is 21.0. The maximum atomic E-state index is 10.9. The van der Waals surface area contributed by atoms with Gasteiger partial charge < -0.3 is 19.5 Å². The van der Waals surface area contributed by atoms with E-state index in [0.717, 1.165) is 48.4 Å². The second kappa shape index (κ2) is 11.1. The number of allylic oxidation sites excluding steroid dienone is 5. The van der Waals surface area contributed by atoms with Gasteiger partial charge in [0.1, 0.15) is 17.8 Å². The molecule has 5 nitrogen and oxygen atoms in total. The summed E-state index contributed by atoms with van der Waals surface area (Å²) in [6.07, 6.45) is 12.0. The fraction of sp³-hybridized carbons (Fsp3) is 0.375. The summed E-state index contributed by atoms with van der Waals surface area (Å²) in [4.78, 5) is 10.9. The van der Waals surface area contributed by atoms with Crippen LogP contribution < -0.4 is 15.4 Å². The topological polar surface area (TPSA) is 56.8 Å². The van der Waals surface area contributed by atoms with Gasteiger partial charge in [0, 0.05) is 10.9 Å². The van der Waals surface area contributed by atoms with Crippen LogP contribution in [0.2, 0.25) is 0 Å². The van der Waals surface area contributed by atoms with Gasteiger partial charge in [-0.05, 0) is 87.2 Å². The fourth-order valence-corrected chi connectivity index (χ4v) is 3.87. The minimum absolute atomic E-state index is 0.613. The largest absolute Gasteiger partial charge is 0.493 e. The molecule has 160 valence electrons. The van der Waals surface area contributed by atoms with E-state index < -0.39 is 0 Å². The van der Waals surface area contributed by atoms with Crippen molar-refractivity contribution < 1.29 is 19.0 Å². The quantitative estimate of drug-likeness (QED) is 0.501. The second-order valence-corrected chi connectivity index (χ2v) is 8.12. The van der Waals surface area contributed by atoms with E-state index in [0.29, 0.717) is 29.4 Å². The molecule has 0 amide bonds. The highest BCUT2D eigenvalue weighted by atomic mass is 31.0. The van der Waals surface area contributed by atoms with Crippen molar-refractivity contribution in [2.75, 3.05) is 26.8 Å². The molecule has 1 heterocycles. The van der Waals surface area contributed by atoms with Gasteiger partial charge in [-0.3, -0.25) is 4.79 Å². The zero-order valence-electron chi connectivity index (χ0n) is 17.6. The number of ether oxygens (including phenoxy) is 3. The molecule has 1 aromatic carbocycles. The molecule has 0 saturated carbocycles. The zero-order chi connectivity index (χ0) is 21.3. The molecule has 6 heteroatoms. The highest BCUT2D eigenvalue weighted by molar-refractivity contribution is 7.27. The number of rotatable bonds is 8. The Bertz CT molecular complexity index is 879. The van der Waals surface area contributed by atoms with Gasteiger partial charge in [0.25, 0.3) is 0 Å². The number of hydrogen-bond donors (Lipinski definition) is 1. The van der Waals surface area contributed by atoms with E-state index in [2.05, 4.69) is 14.6 Å². The molecule has 1 unspecified atom stereocenters. The first kappa shape index (κ1) is 22.3. The molecular weight excluding hydrogens is 397 g/mol. The van der Waals surface area contributed by atoms with Gasteiger partial charge >= 0.3 is 0 Å². The average molecular weight is 427 g/mol. The summed E-state index contributed by atoms with van der Waals surface area (Å²) in [6, 6.07) is 5.31. The Kier molecular flexibility index (Phi) is 8.30. The summed E-state index contributed by atoms with van der Waals surface area (Å²) in [5.74, 6) is 3.50. The third-order valence-corrected chi connectivity index (χ3v) is 5.78. The Hall–Kier alpha value is -2.36. The van der Waals surface area contributed by atoms with Crippen molar-refractivity contribution in [1.82, 2.24) is 5.32 Å². The van der Waals surface area contributed by atoms with Crippen LogP contribution >= 0.6 is 9.24 Å². The lowest BCUT2D eigenvalue weighted by Crippen LogP contribution is -2.28. The molecule has 3 rings (SSSR count). The Morgan fingerprint density at radius 1 is 1.23 bits per heavy atom. The van der Waals surface area contributed by atoms with Crippen molar-refractivity contribution in [3.63, 3.8) is 0 Å². The SMILES string of the molecule is COC1=C/C(C)=C(Oc2ccc(C=O)cc2P)/C=C/C=C1OCCC1CCNCC1. The van der Waals surface area contributed by atoms with Gasteiger partial charge in [-0.15, -0.1) is 9.24 Å². The summed E-state index contributed by atoms with van der Waals surface area (Å²) in [5, 5.41) is 4.22. The van der Waals surface area contributed by atoms with E-state index in [4.69, 9.17) is 14.2 Å². The van der Waals surface area contributed by atoms with Gasteiger partial charge in [-0.1, -0.05) is 6.08 Å². The predicted octanol–water partition coefficient (Wildman–Crippen LogP) is 4.04. The average Bonchev–Trinajstić information content (AvgIpc) is 2.76. The maximum Gasteiger partial charge on any atom is 0.161 e. The van der Waals surface area contributed by atoms with E-state index in [1.54, 1.807) is 25.3 Å². The standard InChI is InChI=1S/C24H30NO4P/c1-17-14-23(27-2)21(28-13-10-18-8-11-25-12-9-18)5-3-4-20(17)29-22-7-6-19(16-26)15-24(22)30/h3-7,14-16,18,25H,8-13,30H2,1-2H3/b4-3+,5-3?,17-14?,20-4?,20-17-,21-5?,23-14?,23-21?. The third-order valence-electron chi connectivity index (χ3n) is 5.33. The molecule has 1 saturated heterocycles. The van der Waals surface area contributed by atoms with Gasteiger partial charge in [0.15, 0.2) is 11.5 Å². The number of piperidine rings is 1. The number of carbonyl (C=O) groups excluding carboxylic acids is 1. The Morgan fingerprint density at radius 3 is 2.73 bits per heavy atom. The van der Waals surface area contributed by atoms with E-state index in [1.165, 1.54) is 12.8 Å². The van der Waals surface area contributed by atoms with Crippen molar-refractivity contribution in [1.29, 1.82) is 0 Å². The van der Waals surface area contributed by atoms with Crippen molar-refractivity contribution in [2.45, 2.75) is 26.2 Å².